The largest absolute Gasteiger partial charge is 0.854 e. The fraction of sp³-hybridized carbons (Fsp3) is 1.00. The minimum absolute atomic E-state index is 0.0294. The zero-order valence-corrected chi connectivity index (χ0v) is 5.68. The Morgan fingerprint density at radius 1 is 1.25 bits per heavy atom. The van der Waals surface area contributed by atoms with Crippen molar-refractivity contribution in [1.29, 1.82) is 0 Å². The van der Waals surface area contributed by atoms with Crippen LogP contribution in [-0.2, 0) is 0 Å². The Kier molecular flexibility index (Phi) is 5.01. The van der Waals surface area contributed by atoms with E-state index in [-0.39, 0.29) is 6.61 Å². The zero-order chi connectivity index (χ0) is 6.41. The molecule has 2 nitrogen and oxygen atoms in total. The van der Waals surface area contributed by atoms with E-state index in [1.165, 1.54) is 0 Å². The first-order chi connectivity index (χ1) is 3.85. The molecule has 0 heterocycles. The summed E-state index contributed by atoms with van der Waals surface area (Å²) in [5.41, 5.74) is 0. The van der Waals surface area contributed by atoms with Crippen molar-refractivity contribution in [2.24, 2.45) is 0 Å². The lowest BCUT2D eigenvalue weighted by atomic mass is 10.5. The Hall–Kier alpha value is -0.0800. The molecule has 0 atom stereocenters. The fourth-order valence-electron chi connectivity index (χ4n) is 0.669. The molecule has 0 aliphatic carbocycles. The lowest BCUT2D eigenvalue weighted by Crippen LogP contribution is -2.30. The molecular formula is C6H14NO-. The van der Waals surface area contributed by atoms with Crippen molar-refractivity contribution in [3.05, 3.63) is 0 Å². The number of rotatable bonds is 4. The highest BCUT2D eigenvalue weighted by molar-refractivity contribution is 4.47. The average molecular weight is 116 g/mol. The van der Waals surface area contributed by atoms with Crippen LogP contribution in [0.5, 0.6) is 0 Å². The smallest absolute Gasteiger partial charge is 0.00479 e. The molecule has 0 aromatic rings. The van der Waals surface area contributed by atoms with E-state index < -0.39 is 0 Å². The summed E-state index contributed by atoms with van der Waals surface area (Å²) >= 11 is 0. The van der Waals surface area contributed by atoms with E-state index in [1.54, 1.807) is 0 Å². The highest BCUT2D eigenvalue weighted by Gasteiger charge is 1.90. The maximum atomic E-state index is 10.0. The molecule has 0 aliphatic heterocycles. The first kappa shape index (κ1) is 7.92. The van der Waals surface area contributed by atoms with E-state index in [4.69, 9.17) is 0 Å². The second-order valence-electron chi connectivity index (χ2n) is 1.73. The Bertz CT molecular complexity index is 43.8. The Morgan fingerprint density at radius 3 is 1.88 bits per heavy atom. The van der Waals surface area contributed by atoms with Gasteiger partial charge in [0.1, 0.15) is 0 Å². The second-order valence-corrected chi connectivity index (χ2v) is 1.73. The zero-order valence-electron chi connectivity index (χ0n) is 5.68. The molecule has 2 heteroatoms. The van der Waals surface area contributed by atoms with E-state index in [0.717, 1.165) is 13.1 Å². The monoisotopic (exact) mass is 116 g/mol. The van der Waals surface area contributed by atoms with Gasteiger partial charge in [-0.25, -0.2) is 0 Å². The van der Waals surface area contributed by atoms with Gasteiger partial charge in [0, 0.05) is 0 Å². The van der Waals surface area contributed by atoms with Crippen molar-refractivity contribution in [3.63, 3.8) is 0 Å². The van der Waals surface area contributed by atoms with Gasteiger partial charge >= 0.3 is 0 Å². The molecular weight excluding hydrogens is 102 g/mol. The lowest BCUT2D eigenvalue weighted by molar-refractivity contribution is -0.368. The quantitative estimate of drug-likeness (QED) is 0.503. The Labute approximate surface area is 51.1 Å². The van der Waals surface area contributed by atoms with Crippen LogP contribution in [0.4, 0.5) is 0 Å². The predicted octanol–water partition coefficient (Wildman–Crippen LogP) is -0.312. The first-order valence-corrected chi connectivity index (χ1v) is 3.15. The highest BCUT2D eigenvalue weighted by atomic mass is 16.3. The van der Waals surface area contributed by atoms with E-state index in [2.05, 4.69) is 18.7 Å². The van der Waals surface area contributed by atoms with Gasteiger partial charge in [-0.1, -0.05) is 13.8 Å². The average Bonchev–Trinajstić information content (AvgIpc) is 1.83. The van der Waals surface area contributed by atoms with Crippen molar-refractivity contribution in [2.75, 3.05) is 26.2 Å². The summed E-state index contributed by atoms with van der Waals surface area (Å²) in [6.07, 6.45) is 0. The van der Waals surface area contributed by atoms with Crippen molar-refractivity contribution >= 4 is 0 Å². The molecule has 0 rings (SSSR count). The number of likely N-dealkylation sites (N-methyl/N-ethyl adjacent to an activating group) is 1. The molecule has 8 heavy (non-hydrogen) atoms. The van der Waals surface area contributed by atoms with Crippen LogP contribution in [0.15, 0.2) is 0 Å². The van der Waals surface area contributed by atoms with Crippen molar-refractivity contribution in [3.8, 4) is 0 Å². The fourth-order valence-corrected chi connectivity index (χ4v) is 0.669. The van der Waals surface area contributed by atoms with Crippen LogP contribution in [0.1, 0.15) is 13.8 Å². The highest BCUT2D eigenvalue weighted by Crippen LogP contribution is 1.81. The van der Waals surface area contributed by atoms with Crippen molar-refractivity contribution < 1.29 is 5.11 Å². The Balaban J connectivity index is 3.07. The molecule has 0 unspecified atom stereocenters. The topological polar surface area (TPSA) is 26.3 Å². The lowest BCUT2D eigenvalue weighted by Gasteiger charge is -2.18. The van der Waals surface area contributed by atoms with Crippen LogP contribution in [0.25, 0.3) is 0 Å². The van der Waals surface area contributed by atoms with Gasteiger partial charge in [-0.15, -0.1) is 6.61 Å². The summed E-state index contributed by atoms with van der Waals surface area (Å²) in [7, 11) is 0. The molecule has 0 amide bonds. The van der Waals surface area contributed by atoms with Crippen molar-refractivity contribution in [1.82, 2.24) is 4.90 Å². The first-order valence-electron chi connectivity index (χ1n) is 3.15. The molecule has 0 aromatic heterocycles. The summed E-state index contributed by atoms with van der Waals surface area (Å²) in [5, 5.41) is 10.0. The predicted molar refractivity (Wildman–Crippen MR) is 32.7 cm³/mol. The molecule has 0 aromatic carbocycles. The van der Waals surface area contributed by atoms with Gasteiger partial charge < -0.3 is 10.0 Å². The summed E-state index contributed by atoms with van der Waals surface area (Å²) in [6.45, 7) is 6.87. The van der Waals surface area contributed by atoms with Crippen LogP contribution in [0, 0.1) is 0 Å². The van der Waals surface area contributed by atoms with Crippen LogP contribution in [-0.4, -0.2) is 31.1 Å². The van der Waals surface area contributed by atoms with Gasteiger partial charge in [0.15, 0.2) is 0 Å². The molecule has 0 bridgehead atoms. The van der Waals surface area contributed by atoms with Gasteiger partial charge in [0.2, 0.25) is 0 Å². The molecule has 0 saturated carbocycles. The molecule has 0 aliphatic rings. The molecule has 0 spiro atoms. The molecule has 0 saturated heterocycles. The minimum atomic E-state index is 0.0294. The molecule has 0 radical (unpaired) electrons. The summed E-state index contributed by atoms with van der Waals surface area (Å²) in [4.78, 5) is 2.12. The standard InChI is InChI=1S/C6H14NO/c1-3-7(4-2)5-6-8/h3-6H2,1-2H3/q-1. The van der Waals surface area contributed by atoms with E-state index >= 15 is 0 Å². The normalized spacial score (nSPS) is 10.5. The molecule has 0 N–H and O–H groups in total. The van der Waals surface area contributed by atoms with Gasteiger partial charge in [0.25, 0.3) is 0 Å². The molecule has 50 valence electrons. The maximum Gasteiger partial charge on any atom is -0.00479 e. The third-order valence-electron chi connectivity index (χ3n) is 1.30. The van der Waals surface area contributed by atoms with E-state index in [9.17, 15) is 5.11 Å². The minimum Gasteiger partial charge on any atom is -0.854 e. The van der Waals surface area contributed by atoms with E-state index in [0.29, 0.717) is 6.54 Å². The summed E-state index contributed by atoms with van der Waals surface area (Å²) < 4.78 is 0. The van der Waals surface area contributed by atoms with Gasteiger partial charge in [-0.3, -0.25) is 0 Å². The number of nitrogens with zero attached hydrogens (tertiary/aromatic N) is 1. The summed E-state index contributed by atoms with van der Waals surface area (Å²) in [5.74, 6) is 0. The Morgan fingerprint density at radius 2 is 1.75 bits per heavy atom. The van der Waals surface area contributed by atoms with Crippen LogP contribution >= 0.6 is 0 Å². The van der Waals surface area contributed by atoms with Gasteiger partial charge in [-0.05, 0) is 19.6 Å². The van der Waals surface area contributed by atoms with E-state index in [1.807, 2.05) is 0 Å². The van der Waals surface area contributed by atoms with Crippen LogP contribution in [0.2, 0.25) is 0 Å². The third kappa shape index (κ3) is 2.99. The second kappa shape index (κ2) is 5.06. The van der Waals surface area contributed by atoms with Gasteiger partial charge in [0.05, 0.1) is 0 Å². The summed E-state index contributed by atoms with van der Waals surface area (Å²) in [6, 6.07) is 0. The maximum absolute atomic E-state index is 10.0. The van der Waals surface area contributed by atoms with Gasteiger partial charge in [-0.2, -0.15) is 0 Å². The van der Waals surface area contributed by atoms with Crippen LogP contribution in [0.3, 0.4) is 0 Å². The van der Waals surface area contributed by atoms with Crippen molar-refractivity contribution in [2.45, 2.75) is 13.8 Å². The SMILES string of the molecule is CCN(CC)CC[O-]. The van der Waals surface area contributed by atoms with Crippen LogP contribution < -0.4 is 5.11 Å². The number of hydrogen-bond acceptors (Lipinski definition) is 2. The third-order valence-corrected chi connectivity index (χ3v) is 1.30. The molecule has 0 fully saturated rings. The number of hydrogen-bond donors (Lipinski definition) is 0.